The molecule has 0 saturated carbocycles. The van der Waals surface area contributed by atoms with Crippen molar-refractivity contribution < 1.29 is 18.8 Å². The maximum atomic E-state index is 13.1. The molecule has 9 heteroatoms. The smallest absolute Gasteiger partial charge is 0.276 e. The molecule has 9 nitrogen and oxygen atoms in total. The highest BCUT2D eigenvalue weighted by Gasteiger charge is 2.54. The first kappa shape index (κ1) is 20.3. The van der Waals surface area contributed by atoms with Crippen LogP contribution in [0.5, 0.6) is 5.88 Å². The van der Waals surface area contributed by atoms with Crippen LogP contribution >= 0.6 is 0 Å². The topological polar surface area (TPSA) is 92.0 Å². The lowest BCUT2D eigenvalue weighted by atomic mass is 9.80. The highest BCUT2D eigenvalue weighted by Crippen LogP contribution is 2.43. The number of rotatable bonds is 5. The minimum Gasteiger partial charge on any atom is -0.481 e. The number of carbonyl (C=O) groups is 2. The lowest BCUT2D eigenvalue weighted by Gasteiger charge is -2.32. The summed E-state index contributed by atoms with van der Waals surface area (Å²) in [7, 11) is 5.58. The second-order valence-corrected chi connectivity index (χ2v) is 8.58. The average Bonchev–Trinajstić information content (AvgIpc) is 3.38. The lowest BCUT2D eigenvalue weighted by molar-refractivity contribution is 0.0695. The van der Waals surface area contributed by atoms with Crippen LogP contribution in [0.1, 0.15) is 26.6 Å². The molecule has 2 amide bonds. The fourth-order valence-electron chi connectivity index (χ4n) is 4.81. The molecule has 0 unspecified atom stereocenters. The molecule has 160 valence electrons. The second kappa shape index (κ2) is 7.71. The van der Waals surface area contributed by atoms with Gasteiger partial charge in [-0.15, -0.1) is 0 Å². The van der Waals surface area contributed by atoms with E-state index in [9.17, 15) is 9.59 Å². The van der Waals surface area contributed by atoms with Crippen molar-refractivity contribution in [2.24, 2.45) is 11.3 Å². The molecule has 0 spiro atoms. The number of pyridine rings is 1. The van der Waals surface area contributed by atoms with Gasteiger partial charge in [0.15, 0.2) is 5.69 Å². The number of amides is 2. The van der Waals surface area contributed by atoms with Crippen LogP contribution in [0.2, 0.25) is 0 Å². The number of hydrogen-bond acceptors (Lipinski definition) is 7. The van der Waals surface area contributed by atoms with Gasteiger partial charge in [0.05, 0.1) is 7.11 Å². The molecular weight excluding hydrogens is 386 g/mol. The summed E-state index contributed by atoms with van der Waals surface area (Å²) in [5.74, 6) is 1.09. The Bertz CT molecular complexity index is 958. The van der Waals surface area contributed by atoms with E-state index in [1.807, 2.05) is 23.9 Å². The van der Waals surface area contributed by atoms with Crippen LogP contribution in [-0.4, -0.2) is 90.6 Å². The summed E-state index contributed by atoms with van der Waals surface area (Å²) in [6, 6.07) is 5.04. The van der Waals surface area contributed by atoms with Crippen molar-refractivity contribution in [2.75, 3.05) is 53.9 Å². The van der Waals surface area contributed by atoms with Gasteiger partial charge < -0.3 is 24.0 Å². The molecule has 0 aliphatic carbocycles. The molecular formula is C21H27N5O4. The van der Waals surface area contributed by atoms with Crippen molar-refractivity contribution in [1.82, 2.24) is 24.8 Å². The molecule has 2 saturated heterocycles. The molecule has 2 fully saturated rings. The maximum absolute atomic E-state index is 13.1. The molecule has 4 heterocycles. The summed E-state index contributed by atoms with van der Waals surface area (Å²) in [6.45, 7) is 4.96. The van der Waals surface area contributed by atoms with E-state index in [2.05, 4.69) is 15.0 Å². The fraction of sp³-hybridized carbons (Fsp3) is 0.524. The van der Waals surface area contributed by atoms with Gasteiger partial charge in [-0.1, -0.05) is 5.16 Å². The Balaban J connectivity index is 1.54. The summed E-state index contributed by atoms with van der Waals surface area (Å²) in [5, 5.41) is 3.88. The minimum absolute atomic E-state index is 0.0340. The summed E-state index contributed by atoms with van der Waals surface area (Å²) in [4.78, 5) is 36.0. The molecule has 30 heavy (non-hydrogen) atoms. The second-order valence-electron chi connectivity index (χ2n) is 8.58. The Labute approximate surface area is 175 Å². The van der Waals surface area contributed by atoms with Gasteiger partial charge in [-0.2, -0.15) is 0 Å². The Kier molecular flexibility index (Phi) is 5.23. The normalized spacial score (nSPS) is 23.2. The number of methoxy groups -OCH3 is 1. The van der Waals surface area contributed by atoms with E-state index in [0.29, 0.717) is 49.1 Å². The molecule has 0 aromatic carbocycles. The zero-order valence-electron chi connectivity index (χ0n) is 17.8. The van der Waals surface area contributed by atoms with E-state index in [4.69, 9.17) is 9.26 Å². The first-order valence-electron chi connectivity index (χ1n) is 9.98. The van der Waals surface area contributed by atoms with E-state index in [1.165, 1.54) is 7.11 Å². The van der Waals surface area contributed by atoms with Crippen LogP contribution in [0, 0.1) is 18.3 Å². The number of fused-ring (bicyclic) bond motifs is 1. The third kappa shape index (κ3) is 3.65. The van der Waals surface area contributed by atoms with E-state index >= 15 is 0 Å². The predicted octanol–water partition coefficient (Wildman–Crippen LogP) is 1.16. The zero-order chi connectivity index (χ0) is 21.5. The van der Waals surface area contributed by atoms with Gasteiger partial charge in [-0.05, 0) is 27.1 Å². The number of likely N-dealkylation sites (tertiary alicyclic amines) is 2. The fourth-order valence-corrected chi connectivity index (χ4v) is 4.81. The monoisotopic (exact) mass is 413 g/mol. The molecule has 0 N–H and O–H groups in total. The lowest BCUT2D eigenvalue weighted by Crippen LogP contribution is -2.43. The molecule has 0 bridgehead atoms. The number of carbonyl (C=O) groups excluding carboxylic acids is 2. The molecule has 2 aromatic rings. The Morgan fingerprint density at radius 2 is 1.93 bits per heavy atom. The van der Waals surface area contributed by atoms with Crippen LogP contribution in [0.25, 0.3) is 0 Å². The number of aryl methyl sites for hydroxylation is 1. The standard InChI is InChI=1S/C21H27N5O4/c1-14-7-17(23-30-14)20(28)26-10-16-9-25(12-21(16,13-26)11-24(2)3)19(27)15-5-6-22-18(8-15)29-4/h5-8,16H,9-13H2,1-4H3/t16-,21+/m0/s1. The van der Waals surface area contributed by atoms with Gasteiger partial charge >= 0.3 is 0 Å². The molecule has 2 atom stereocenters. The van der Waals surface area contributed by atoms with E-state index in [0.717, 1.165) is 6.54 Å². The molecule has 2 aliphatic heterocycles. The third-order valence-corrected chi connectivity index (χ3v) is 6.00. The van der Waals surface area contributed by atoms with Crippen LogP contribution in [0.3, 0.4) is 0 Å². The highest BCUT2D eigenvalue weighted by atomic mass is 16.5. The quantitative estimate of drug-likeness (QED) is 0.726. The number of ether oxygens (including phenoxy) is 1. The van der Waals surface area contributed by atoms with Crippen LogP contribution < -0.4 is 4.74 Å². The Hall–Kier alpha value is -2.94. The van der Waals surface area contributed by atoms with Gasteiger partial charge in [-0.25, -0.2) is 4.98 Å². The Morgan fingerprint density at radius 1 is 1.23 bits per heavy atom. The molecule has 0 radical (unpaired) electrons. The third-order valence-electron chi connectivity index (χ3n) is 6.00. The number of aromatic nitrogens is 2. The van der Waals surface area contributed by atoms with Crippen molar-refractivity contribution >= 4 is 11.8 Å². The van der Waals surface area contributed by atoms with Gasteiger partial charge in [0.2, 0.25) is 5.88 Å². The maximum Gasteiger partial charge on any atom is 0.276 e. The summed E-state index contributed by atoms with van der Waals surface area (Å²) in [5.41, 5.74) is 0.724. The van der Waals surface area contributed by atoms with E-state index < -0.39 is 0 Å². The van der Waals surface area contributed by atoms with Crippen LogP contribution in [-0.2, 0) is 0 Å². The SMILES string of the molecule is COc1cc(C(=O)N2C[C@H]3CN(C(=O)c4cc(C)on4)C[C@@]3(CN(C)C)C2)ccn1. The predicted molar refractivity (Wildman–Crippen MR) is 108 cm³/mol. The van der Waals surface area contributed by atoms with Gasteiger partial charge in [-0.3, -0.25) is 9.59 Å². The molecule has 2 aliphatic rings. The first-order valence-corrected chi connectivity index (χ1v) is 9.98. The molecule has 4 rings (SSSR count). The van der Waals surface area contributed by atoms with E-state index in [-0.39, 0.29) is 23.1 Å². The Morgan fingerprint density at radius 3 is 2.53 bits per heavy atom. The number of nitrogens with zero attached hydrogens (tertiary/aromatic N) is 5. The van der Waals surface area contributed by atoms with Gasteiger partial charge in [0.25, 0.3) is 11.8 Å². The van der Waals surface area contributed by atoms with E-state index in [1.54, 1.807) is 31.3 Å². The van der Waals surface area contributed by atoms with Crippen LogP contribution in [0.15, 0.2) is 28.9 Å². The zero-order valence-corrected chi connectivity index (χ0v) is 17.8. The average molecular weight is 413 g/mol. The highest BCUT2D eigenvalue weighted by molar-refractivity contribution is 5.95. The van der Waals surface area contributed by atoms with Gasteiger partial charge in [0.1, 0.15) is 5.76 Å². The van der Waals surface area contributed by atoms with Crippen molar-refractivity contribution in [3.63, 3.8) is 0 Å². The largest absolute Gasteiger partial charge is 0.481 e. The summed E-state index contributed by atoms with van der Waals surface area (Å²) < 4.78 is 10.2. The minimum atomic E-state index is -0.176. The van der Waals surface area contributed by atoms with Gasteiger partial charge in [0, 0.05) is 67.9 Å². The number of hydrogen-bond donors (Lipinski definition) is 0. The van der Waals surface area contributed by atoms with Crippen molar-refractivity contribution in [3.05, 3.63) is 41.4 Å². The first-order chi connectivity index (χ1) is 14.3. The van der Waals surface area contributed by atoms with Crippen molar-refractivity contribution in [1.29, 1.82) is 0 Å². The summed E-state index contributed by atoms with van der Waals surface area (Å²) in [6.07, 6.45) is 1.58. The molecule has 2 aromatic heterocycles. The van der Waals surface area contributed by atoms with Crippen molar-refractivity contribution in [2.45, 2.75) is 6.92 Å². The van der Waals surface area contributed by atoms with Crippen molar-refractivity contribution in [3.8, 4) is 5.88 Å². The van der Waals surface area contributed by atoms with Crippen LogP contribution in [0.4, 0.5) is 0 Å². The summed E-state index contributed by atoms with van der Waals surface area (Å²) >= 11 is 0.